The van der Waals surface area contributed by atoms with E-state index in [0.29, 0.717) is 17.0 Å². The molecule has 25 heavy (non-hydrogen) atoms. The van der Waals surface area contributed by atoms with Gasteiger partial charge in [-0.1, -0.05) is 37.3 Å². The van der Waals surface area contributed by atoms with Crippen molar-refractivity contribution in [3.05, 3.63) is 35.0 Å². The second kappa shape index (κ2) is 8.39. The molecular weight excluding hydrogens is 336 g/mol. The summed E-state index contributed by atoms with van der Waals surface area (Å²) >= 11 is 6.11. The summed E-state index contributed by atoms with van der Waals surface area (Å²) in [7, 11) is 1.64. The van der Waals surface area contributed by atoms with Gasteiger partial charge in [0.05, 0.1) is 12.8 Å². The third kappa shape index (κ3) is 4.98. The van der Waals surface area contributed by atoms with Crippen LogP contribution in [-0.2, 0) is 0 Å². The highest BCUT2D eigenvalue weighted by Crippen LogP contribution is 2.30. The summed E-state index contributed by atoms with van der Waals surface area (Å²) in [5.74, 6) is 2.12. The van der Waals surface area contributed by atoms with Gasteiger partial charge in [0.2, 0.25) is 5.95 Å². The maximum absolute atomic E-state index is 6.11. The average Bonchev–Trinajstić information content (AvgIpc) is 2.83. The van der Waals surface area contributed by atoms with E-state index in [4.69, 9.17) is 16.3 Å². The highest BCUT2D eigenvalue weighted by atomic mass is 35.5. The largest absolute Gasteiger partial charge is 0.495 e. The molecule has 0 spiro atoms. The summed E-state index contributed by atoms with van der Waals surface area (Å²) in [6, 6.07) is 7.84. The van der Waals surface area contributed by atoms with E-state index >= 15 is 0 Å². The van der Waals surface area contributed by atoms with Gasteiger partial charge < -0.3 is 15.4 Å². The molecule has 0 amide bonds. The van der Waals surface area contributed by atoms with E-state index in [-0.39, 0.29) is 0 Å². The van der Waals surface area contributed by atoms with Gasteiger partial charge in [-0.3, -0.25) is 0 Å². The van der Waals surface area contributed by atoms with Gasteiger partial charge in [-0.25, -0.2) is 4.98 Å². The van der Waals surface area contributed by atoms with Crippen molar-refractivity contribution in [1.82, 2.24) is 9.97 Å². The van der Waals surface area contributed by atoms with Crippen molar-refractivity contribution in [3.63, 3.8) is 0 Å². The number of nitrogens with one attached hydrogen (secondary N) is 2. The lowest BCUT2D eigenvalue weighted by Crippen LogP contribution is -2.20. The van der Waals surface area contributed by atoms with E-state index in [1.807, 2.05) is 25.1 Å². The zero-order valence-corrected chi connectivity index (χ0v) is 15.6. The zero-order valence-electron chi connectivity index (χ0n) is 14.8. The van der Waals surface area contributed by atoms with Gasteiger partial charge >= 0.3 is 0 Å². The quantitative estimate of drug-likeness (QED) is 0.706. The molecule has 0 saturated heterocycles. The number of methoxy groups -OCH3 is 1. The average molecular weight is 361 g/mol. The van der Waals surface area contributed by atoms with Crippen molar-refractivity contribution in [1.29, 1.82) is 0 Å². The number of nitrogens with zero attached hydrogens (tertiary/aromatic N) is 2. The topological polar surface area (TPSA) is 59.1 Å². The number of hydrogen-bond donors (Lipinski definition) is 2. The van der Waals surface area contributed by atoms with Gasteiger partial charge in [-0.2, -0.15) is 4.98 Å². The lowest BCUT2D eigenvalue weighted by molar-refractivity contribution is 0.417. The molecule has 1 saturated carbocycles. The summed E-state index contributed by atoms with van der Waals surface area (Å²) in [4.78, 5) is 9.17. The van der Waals surface area contributed by atoms with Crippen LogP contribution in [0.2, 0.25) is 5.02 Å². The number of rotatable bonds is 5. The van der Waals surface area contributed by atoms with Crippen LogP contribution in [0.5, 0.6) is 5.75 Å². The molecule has 1 aliphatic rings. The molecule has 2 N–H and O–H groups in total. The van der Waals surface area contributed by atoms with Crippen LogP contribution in [0.15, 0.2) is 24.3 Å². The molecule has 3 rings (SSSR count). The highest BCUT2D eigenvalue weighted by Gasteiger charge is 2.14. The molecule has 1 aliphatic carbocycles. The molecule has 5 nitrogen and oxygen atoms in total. The van der Waals surface area contributed by atoms with E-state index < -0.39 is 0 Å². The minimum atomic E-state index is 0.456. The maximum Gasteiger partial charge on any atom is 0.225 e. The lowest BCUT2D eigenvalue weighted by atomic mass is 10.1. The fourth-order valence-corrected chi connectivity index (χ4v) is 3.39. The SMILES string of the molecule is COc1ccc(Cl)cc1Nc1cc(C)nc(NC2CCCCCC2)n1. The Bertz CT molecular complexity index is 715. The van der Waals surface area contributed by atoms with Crippen LogP contribution in [0.4, 0.5) is 17.5 Å². The predicted octanol–water partition coefficient (Wildman–Crippen LogP) is 5.33. The monoisotopic (exact) mass is 360 g/mol. The molecule has 2 aromatic rings. The first-order chi connectivity index (χ1) is 12.1. The van der Waals surface area contributed by atoms with Crippen molar-refractivity contribution in [2.24, 2.45) is 0 Å². The number of ether oxygens (including phenoxy) is 1. The Hall–Kier alpha value is -2.01. The van der Waals surface area contributed by atoms with E-state index in [9.17, 15) is 0 Å². The molecular formula is C19H25ClN4O. The van der Waals surface area contributed by atoms with Crippen molar-refractivity contribution >= 4 is 29.1 Å². The Labute approximate surface area is 154 Å². The molecule has 0 bridgehead atoms. The molecule has 1 aromatic heterocycles. The number of anilines is 3. The number of halogens is 1. The Morgan fingerprint density at radius 1 is 1.08 bits per heavy atom. The third-order valence-corrected chi connectivity index (χ3v) is 4.70. The molecule has 0 unspecified atom stereocenters. The summed E-state index contributed by atoms with van der Waals surface area (Å²) in [5.41, 5.74) is 1.70. The normalized spacial score (nSPS) is 15.5. The summed E-state index contributed by atoms with van der Waals surface area (Å²) < 4.78 is 5.39. The number of aromatic nitrogens is 2. The third-order valence-electron chi connectivity index (χ3n) is 4.47. The van der Waals surface area contributed by atoms with Crippen LogP contribution >= 0.6 is 11.6 Å². The number of hydrogen-bond acceptors (Lipinski definition) is 5. The minimum Gasteiger partial charge on any atom is -0.495 e. The van der Waals surface area contributed by atoms with Crippen LogP contribution in [0, 0.1) is 6.92 Å². The van der Waals surface area contributed by atoms with Gasteiger partial charge in [-0.15, -0.1) is 0 Å². The fourth-order valence-electron chi connectivity index (χ4n) is 3.22. The zero-order chi connectivity index (χ0) is 17.6. The van der Waals surface area contributed by atoms with E-state index in [0.717, 1.165) is 22.9 Å². The molecule has 134 valence electrons. The van der Waals surface area contributed by atoms with Crippen molar-refractivity contribution < 1.29 is 4.74 Å². The summed E-state index contributed by atoms with van der Waals surface area (Å²) in [6.07, 6.45) is 7.56. The first-order valence-corrected chi connectivity index (χ1v) is 9.24. The van der Waals surface area contributed by atoms with Gasteiger partial charge in [-0.05, 0) is 38.0 Å². The first kappa shape index (κ1) is 17.8. The molecule has 0 atom stereocenters. The predicted molar refractivity (Wildman–Crippen MR) is 103 cm³/mol. The molecule has 0 aliphatic heterocycles. The van der Waals surface area contributed by atoms with Crippen LogP contribution in [0.25, 0.3) is 0 Å². The summed E-state index contributed by atoms with van der Waals surface area (Å²) in [5, 5.41) is 7.45. The standard InChI is InChI=1S/C19H25ClN4O/c1-13-11-18(23-16-12-14(20)9-10-17(16)25-2)24-19(21-13)22-15-7-5-3-4-6-8-15/h9-12,15H,3-8H2,1-2H3,(H2,21,22,23,24). The lowest BCUT2D eigenvalue weighted by Gasteiger charge is -2.17. The summed E-state index contributed by atoms with van der Waals surface area (Å²) in [6.45, 7) is 1.97. The van der Waals surface area contributed by atoms with Crippen LogP contribution in [0.3, 0.4) is 0 Å². The first-order valence-electron chi connectivity index (χ1n) is 8.87. The van der Waals surface area contributed by atoms with Gasteiger partial charge in [0.25, 0.3) is 0 Å². The second-order valence-corrected chi connectivity index (χ2v) is 6.96. The number of aryl methyl sites for hydroxylation is 1. The Morgan fingerprint density at radius 2 is 1.84 bits per heavy atom. The Balaban J connectivity index is 1.78. The van der Waals surface area contributed by atoms with Gasteiger partial charge in [0.1, 0.15) is 11.6 Å². The number of benzene rings is 1. The van der Waals surface area contributed by atoms with Crippen LogP contribution < -0.4 is 15.4 Å². The smallest absolute Gasteiger partial charge is 0.225 e. The van der Waals surface area contributed by atoms with Crippen molar-refractivity contribution in [3.8, 4) is 5.75 Å². The minimum absolute atomic E-state index is 0.456. The Morgan fingerprint density at radius 3 is 2.56 bits per heavy atom. The van der Waals surface area contributed by atoms with Crippen LogP contribution in [0.1, 0.15) is 44.2 Å². The van der Waals surface area contributed by atoms with Gasteiger partial charge in [0.15, 0.2) is 0 Å². The fraction of sp³-hybridized carbons (Fsp3) is 0.474. The van der Waals surface area contributed by atoms with Gasteiger partial charge in [0, 0.05) is 22.8 Å². The molecule has 1 fully saturated rings. The maximum atomic E-state index is 6.11. The second-order valence-electron chi connectivity index (χ2n) is 6.52. The van der Waals surface area contributed by atoms with Crippen molar-refractivity contribution in [2.45, 2.75) is 51.5 Å². The molecule has 1 heterocycles. The molecule has 6 heteroatoms. The van der Waals surface area contributed by atoms with Crippen LogP contribution in [-0.4, -0.2) is 23.1 Å². The molecule has 0 radical (unpaired) electrons. The van der Waals surface area contributed by atoms with E-state index in [1.54, 1.807) is 13.2 Å². The molecule has 1 aromatic carbocycles. The highest BCUT2D eigenvalue weighted by molar-refractivity contribution is 6.31. The van der Waals surface area contributed by atoms with Crippen molar-refractivity contribution in [2.75, 3.05) is 17.7 Å². The van der Waals surface area contributed by atoms with E-state index in [1.165, 1.54) is 38.5 Å². The Kier molecular flexibility index (Phi) is 5.97. The van der Waals surface area contributed by atoms with E-state index in [2.05, 4.69) is 20.6 Å².